The van der Waals surface area contributed by atoms with Crippen molar-refractivity contribution in [3.05, 3.63) is 28.8 Å². The minimum atomic E-state index is 0.00143. The van der Waals surface area contributed by atoms with Gasteiger partial charge >= 0.3 is 0 Å². The van der Waals surface area contributed by atoms with Crippen molar-refractivity contribution in [1.82, 2.24) is 4.90 Å². The molecular weight excluding hydrogens is 285 g/mol. The summed E-state index contributed by atoms with van der Waals surface area (Å²) in [6, 6.07) is 5.10. The van der Waals surface area contributed by atoms with Crippen molar-refractivity contribution < 1.29 is 9.53 Å². The molecule has 1 aliphatic rings. The quantitative estimate of drug-likeness (QED) is 0.801. The highest BCUT2D eigenvalue weighted by molar-refractivity contribution is 6.30. The first-order valence-electron chi connectivity index (χ1n) is 6.34. The normalized spacial score (nSPS) is 16.5. The molecule has 0 bridgehead atoms. The fourth-order valence-electron chi connectivity index (χ4n) is 2.30. The lowest BCUT2D eigenvalue weighted by atomic mass is 9.98. The molecule has 1 heterocycles. The molecule has 1 amide bonds. The van der Waals surface area contributed by atoms with E-state index in [1.54, 1.807) is 25.3 Å². The number of methoxy groups -OCH3 is 1. The molecule has 2 rings (SSSR count). The van der Waals surface area contributed by atoms with E-state index in [0.29, 0.717) is 28.1 Å². The van der Waals surface area contributed by atoms with Crippen molar-refractivity contribution in [2.45, 2.75) is 12.8 Å². The van der Waals surface area contributed by atoms with Crippen molar-refractivity contribution in [2.75, 3.05) is 26.1 Å². The van der Waals surface area contributed by atoms with E-state index in [-0.39, 0.29) is 5.91 Å². The number of likely N-dealkylation sites (tertiary alicyclic amines) is 1. The summed E-state index contributed by atoms with van der Waals surface area (Å²) in [5.41, 5.74) is 0.566. The smallest absolute Gasteiger partial charge is 0.257 e. The molecule has 104 valence electrons. The van der Waals surface area contributed by atoms with Gasteiger partial charge in [0.25, 0.3) is 5.91 Å². The average Bonchev–Trinajstić information content (AvgIpc) is 2.46. The van der Waals surface area contributed by atoms with E-state index in [9.17, 15) is 4.79 Å². The Morgan fingerprint density at radius 2 is 2.11 bits per heavy atom. The lowest BCUT2D eigenvalue weighted by molar-refractivity contribution is 0.0695. The number of ether oxygens (including phenoxy) is 1. The van der Waals surface area contributed by atoms with Crippen LogP contribution in [0.5, 0.6) is 5.75 Å². The first-order chi connectivity index (χ1) is 9.15. The maximum absolute atomic E-state index is 12.5. The van der Waals surface area contributed by atoms with Gasteiger partial charge in [0.1, 0.15) is 5.75 Å². The van der Waals surface area contributed by atoms with E-state index in [2.05, 4.69) is 0 Å². The van der Waals surface area contributed by atoms with Gasteiger partial charge in [-0.15, -0.1) is 11.6 Å². The molecule has 5 heteroatoms. The minimum absolute atomic E-state index is 0.00143. The topological polar surface area (TPSA) is 29.5 Å². The minimum Gasteiger partial charge on any atom is -0.496 e. The third kappa shape index (κ3) is 3.34. The summed E-state index contributed by atoms with van der Waals surface area (Å²) in [5.74, 6) is 1.73. The predicted octanol–water partition coefficient (Wildman–Crippen LogP) is 3.44. The van der Waals surface area contributed by atoms with Crippen LogP contribution in [0.3, 0.4) is 0 Å². The molecule has 0 radical (unpaired) electrons. The molecule has 0 spiro atoms. The zero-order chi connectivity index (χ0) is 13.8. The first-order valence-corrected chi connectivity index (χ1v) is 7.25. The Morgan fingerprint density at radius 3 is 2.68 bits per heavy atom. The Morgan fingerprint density at radius 1 is 1.42 bits per heavy atom. The number of nitrogens with zero attached hydrogens (tertiary/aromatic N) is 1. The summed E-state index contributed by atoms with van der Waals surface area (Å²) in [6.45, 7) is 1.50. The summed E-state index contributed by atoms with van der Waals surface area (Å²) >= 11 is 11.8. The maximum atomic E-state index is 12.5. The Kier molecular flexibility index (Phi) is 4.94. The van der Waals surface area contributed by atoms with Gasteiger partial charge in [-0.2, -0.15) is 0 Å². The highest BCUT2D eigenvalue weighted by Crippen LogP contribution is 2.26. The van der Waals surface area contributed by atoms with Crippen LogP contribution in [0.25, 0.3) is 0 Å². The summed E-state index contributed by atoms with van der Waals surface area (Å²) < 4.78 is 5.23. The van der Waals surface area contributed by atoms with E-state index in [1.165, 1.54) is 0 Å². The number of hydrogen-bond acceptors (Lipinski definition) is 2. The van der Waals surface area contributed by atoms with Crippen molar-refractivity contribution in [3.8, 4) is 5.75 Å². The zero-order valence-corrected chi connectivity index (χ0v) is 12.4. The van der Waals surface area contributed by atoms with Crippen molar-refractivity contribution in [1.29, 1.82) is 0 Å². The van der Waals surface area contributed by atoms with Crippen LogP contribution in [0.15, 0.2) is 18.2 Å². The molecule has 1 saturated heterocycles. The second-order valence-corrected chi connectivity index (χ2v) is 5.48. The van der Waals surface area contributed by atoms with Gasteiger partial charge in [0.2, 0.25) is 0 Å². The van der Waals surface area contributed by atoms with E-state index >= 15 is 0 Å². The molecule has 3 nitrogen and oxygen atoms in total. The monoisotopic (exact) mass is 301 g/mol. The number of benzene rings is 1. The van der Waals surface area contributed by atoms with Gasteiger partial charge in [-0.25, -0.2) is 0 Å². The van der Waals surface area contributed by atoms with Crippen LogP contribution in [0.4, 0.5) is 0 Å². The van der Waals surface area contributed by atoms with Crippen LogP contribution >= 0.6 is 23.2 Å². The van der Waals surface area contributed by atoms with E-state index in [1.807, 2.05) is 4.90 Å². The molecule has 0 aromatic heterocycles. The number of amides is 1. The molecule has 1 aromatic rings. The number of halogens is 2. The molecule has 19 heavy (non-hydrogen) atoms. The third-order valence-corrected chi connectivity index (χ3v) is 4.19. The molecule has 0 aliphatic carbocycles. The zero-order valence-electron chi connectivity index (χ0n) is 10.9. The third-order valence-electron chi connectivity index (χ3n) is 3.51. The molecule has 1 fully saturated rings. The summed E-state index contributed by atoms with van der Waals surface area (Å²) in [5, 5.41) is 0.564. The molecule has 0 saturated carbocycles. The number of carbonyl (C=O) groups excluding carboxylic acids is 1. The van der Waals surface area contributed by atoms with Crippen LogP contribution in [-0.4, -0.2) is 36.9 Å². The van der Waals surface area contributed by atoms with E-state index in [4.69, 9.17) is 27.9 Å². The Labute approximate surface area is 123 Å². The molecule has 1 aliphatic heterocycles. The standard InChI is InChI=1S/C14H17Cl2NO2/c1-19-13-8-11(16)2-3-12(13)14(18)17-6-4-10(9-15)5-7-17/h2-3,8,10H,4-7,9H2,1H3. The summed E-state index contributed by atoms with van der Waals surface area (Å²) in [7, 11) is 1.54. The van der Waals surface area contributed by atoms with Gasteiger partial charge in [-0.1, -0.05) is 11.6 Å². The van der Waals surface area contributed by atoms with Crippen LogP contribution in [0.1, 0.15) is 23.2 Å². The first kappa shape index (κ1) is 14.5. The Bertz CT molecular complexity index is 457. The van der Waals surface area contributed by atoms with Crippen molar-refractivity contribution in [2.24, 2.45) is 5.92 Å². The number of piperidine rings is 1. The molecule has 0 unspecified atom stereocenters. The second kappa shape index (κ2) is 6.49. The van der Waals surface area contributed by atoms with Crippen LogP contribution in [-0.2, 0) is 0 Å². The largest absolute Gasteiger partial charge is 0.496 e. The fourth-order valence-corrected chi connectivity index (χ4v) is 2.77. The summed E-state index contributed by atoms with van der Waals surface area (Å²) in [4.78, 5) is 14.3. The summed E-state index contributed by atoms with van der Waals surface area (Å²) in [6.07, 6.45) is 1.93. The highest BCUT2D eigenvalue weighted by Gasteiger charge is 2.25. The van der Waals surface area contributed by atoms with Crippen LogP contribution in [0.2, 0.25) is 5.02 Å². The molecule has 1 aromatic carbocycles. The van der Waals surface area contributed by atoms with Gasteiger partial charge in [0.15, 0.2) is 0 Å². The predicted molar refractivity (Wildman–Crippen MR) is 77.4 cm³/mol. The van der Waals surface area contributed by atoms with Gasteiger partial charge in [-0.05, 0) is 37.0 Å². The van der Waals surface area contributed by atoms with Crippen LogP contribution < -0.4 is 4.74 Å². The lowest BCUT2D eigenvalue weighted by Crippen LogP contribution is -2.39. The molecule has 0 N–H and O–H groups in total. The number of rotatable bonds is 3. The molecule has 0 atom stereocenters. The Balaban J connectivity index is 2.12. The van der Waals surface area contributed by atoms with Crippen molar-refractivity contribution >= 4 is 29.1 Å². The van der Waals surface area contributed by atoms with Gasteiger partial charge < -0.3 is 9.64 Å². The fraction of sp³-hybridized carbons (Fsp3) is 0.500. The van der Waals surface area contributed by atoms with E-state index < -0.39 is 0 Å². The number of alkyl halides is 1. The lowest BCUT2D eigenvalue weighted by Gasteiger charge is -2.31. The Hall–Kier alpha value is -0.930. The van der Waals surface area contributed by atoms with Gasteiger partial charge in [-0.3, -0.25) is 4.79 Å². The highest BCUT2D eigenvalue weighted by atomic mass is 35.5. The SMILES string of the molecule is COc1cc(Cl)ccc1C(=O)N1CCC(CCl)CC1. The van der Waals surface area contributed by atoms with Gasteiger partial charge in [0, 0.05) is 24.0 Å². The second-order valence-electron chi connectivity index (χ2n) is 4.73. The molecular formula is C14H17Cl2NO2. The van der Waals surface area contributed by atoms with Gasteiger partial charge in [0.05, 0.1) is 12.7 Å². The van der Waals surface area contributed by atoms with E-state index in [0.717, 1.165) is 25.9 Å². The van der Waals surface area contributed by atoms with Crippen LogP contribution in [0, 0.1) is 5.92 Å². The van der Waals surface area contributed by atoms with Crippen molar-refractivity contribution in [3.63, 3.8) is 0 Å². The number of carbonyl (C=O) groups is 1. The number of hydrogen-bond donors (Lipinski definition) is 0. The average molecular weight is 302 g/mol. The maximum Gasteiger partial charge on any atom is 0.257 e.